The van der Waals surface area contributed by atoms with Crippen LogP contribution in [0.5, 0.6) is 11.5 Å². The van der Waals surface area contributed by atoms with Gasteiger partial charge in [0, 0.05) is 11.6 Å². The highest BCUT2D eigenvalue weighted by molar-refractivity contribution is 6.08. The maximum atomic E-state index is 12.7. The van der Waals surface area contributed by atoms with Gasteiger partial charge in [-0.15, -0.1) is 0 Å². The lowest BCUT2D eigenvalue weighted by Gasteiger charge is -2.09. The van der Waals surface area contributed by atoms with Crippen molar-refractivity contribution < 1.29 is 19.6 Å². The number of phenols is 1. The number of hydrogen-bond acceptors (Lipinski definition) is 6. The van der Waals surface area contributed by atoms with Gasteiger partial charge >= 0.3 is 5.69 Å². The first-order valence-corrected chi connectivity index (χ1v) is 8.88. The normalized spacial score (nSPS) is 11.0. The van der Waals surface area contributed by atoms with Gasteiger partial charge in [0.15, 0.2) is 5.75 Å². The number of aryl methyl sites for hydroxylation is 1. The molecule has 0 fully saturated rings. The molecule has 0 aromatic heterocycles. The lowest BCUT2D eigenvalue weighted by atomic mass is 9.99. The van der Waals surface area contributed by atoms with E-state index in [0.29, 0.717) is 11.1 Å². The predicted molar refractivity (Wildman–Crippen MR) is 110 cm³/mol. The second kappa shape index (κ2) is 8.39. The van der Waals surface area contributed by atoms with Gasteiger partial charge in [-0.25, -0.2) is 5.43 Å². The lowest BCUT2D eigenvalue weighted by Crippen LogP contribution is -2.19. The summed E-state index contributed by atoms with van der Waals surface area (Å²) >= 11 is 0. The molecular weight excluding hydrogens is 374 g/mol. The number of amides is 1. The fourth-order valence-corrected chi connectivity index (χ4v) is 3.00. The highest BCUT2D eigenvalue weighted by atomic mass is 16.6. The Morgan fingerprint density at radius 3 is 2.76 bits per heavy atom. The summed E-state index contributed by atoms with van der Waals surface area (Å²) in [5.41, 5.74) is 3.55. The van der Waals surface area contributed by atoms with Crippen LogP contribution >= 0.6 is 0 Å². The number of ether oxygens (including phenoxy) is 1. The van der Waals surface area contributed by atoms with E-state index in [9.17, 15) is 20.0 Å². The van der Waals surface area contributed by atoms with E-state index in [0.717, 1.165) is 22.4 Å². The van der Waals surface area contributed by atoms with Gasteiger partial charge in [-0.2, -0.15) is 5.10 Å². The average Bonchev–Trinajstić information content (AvgIpc) is 2.69. The molecule has 3 rings (SSSR count). The van der Waals surface area contributed by atoms with Crippen LogP contribution in [0.1, 0.15) is 28.4 Å². The Morgan fingerprint density at radius 2 is 2.03 bits per heavy atom. The van der Waals surface area contributed by atoms with Crippen molar-refractivity contribution in [3.63, 3.8) is 0 Å². The molecule has 0 spiro atoms. The van der Waals surface area contributed by atoms with Crippen LogP contribution in [0.3, 0.4) is 0 Å². The summed E-state index contributed by atoms with van der Waals surface area (Å²) in [6.45, 7) is 3.75. The molecule has 0 saturated heterocycles. The molecule has 148 valence electrons. The maximum Gasteiger partial charge on any atom is 0.315 e. The van der Waals surface area contributed by atoms with Crippen LogP contribution in [0.4, 0.5) is 5.69 Å². The van der Waals surface area contributed by atoms with Crippen molar-refractivity contribution in [1.29, 1.82) is 0 Å². The molecule has 0 aliphatic rings. The number of hydrogen-bond donors (Lipinski definition) is 2. The fraction of sp³-hybridized carbons (Fsp3) is 0.143. The van der Waals surface area contributed by atoms with Gasteiger partial charge in [0.2, 0.25) is 5.75 Å². The Balaban J connectivity index is 1.88. The van der Waals surface area contributed by atoms with Crippen molar-refractivity contribution in [2.75, 3.05) is 6.61 Å². The van der Waals surface area contributed by atoms with E-state index >= 15 is 0 Å². The monoisotopic (exact) mass is 393 g/mol. The van der Waals surface area contributed by atoms with Crippen molar-refractivity contribution in [3.8, 4) is 11.5 Å². The number of phenolic OH excluding ortho intramolecular Hbond substituents is 1. The Bertz CT molecular complexity index is 1120. The summed E-state index contributed by atoms with van der Waals surface area (Å²) in [6, 6.07) is 13.9. The first-order valence-electron chi connectivity index (χ1n) is 8.88. The van der Waals surface area contributed by atoms with Crippen LogP contribution in [-0.4, -0.2) is 28.8 Å². The molecule has 0 aliphatic heterocycles. The van der Waals surface area contributed by atoms with Crippen molar-refractivity contribution >= 4 is 28.6 Å². The number of nitro groups is 1. The summed E-state index contributed by atoms with van der Waals surface area (Å²) in [4.78, 5) is 23.1. The molecule has 0 bridgehead atoms. The highest BCUT2D eigenvalue weighted by Crippen LogP contribution is 2.36. The van der Waals surface area contributed by atoms with Crippen molar-refractivity contribution in [2.45, 2.75) is 13.8 Å². The quantitative estimate of drug-likeness (QED) is 0.374. The van der Waals surface area contributed by atoms with Gasteiger partial charge in [0.05, 0.1) is 23.3 Å². The van der Waals surface area contributed by atoms with Gasteiger partial charge in [-0.1, -0.05) is 36.4 Å². The lowest BCUT2D eigenvalue weighted by molar-refractivity contribution is -0.386. The van der Waals surface area contributed by atoms with Gasteiger partial charge < -0.3 is 9.84 Å². The molecule has 3 aromatic rings. The second-order valence-electron chi connectivity index (χ2n) is 6.25. The van der Waals surface area contributed by atoms with Gasteiger partial charge in [-0.3, -0.25) is 14.9 Å². The summed E-state index contributed by atoms with van der Waals surface area (Å²) < 4.78 is 5.23. The number of carbonyl (C=O) groups excluding carboxylic acids is 1. The number of rotatable bonds is 6. The number of nitrogens with zero attached hydrogens (tertiary/aromatic N) is 2. The van der Waals surface area contributed by atoms with Gasteiger partial charge in [0.1, 0.15) is 0 Å². The number of benzene rings is 3. The summed E-state index contributed by atoms with van der Waals surface area (Å²) in [5.74, 6) is -0.974. The van der Waals surface area contributed by atoms with E-state index in [1.165, 1.54) is 12.3 Å². The third-order valence-electron chi connectivity index (χ3n) is 4.32. The number of fused-ring (bicyclic) bond motifs is 1. The van der Waals surface area contributed by atoms with Crippen molar-refractivity contribution in [1.82, 2.24) is 5.43 Å². The molecule has 0 saturated carbocycles. The zero-order valence-corrected chi connectivity index (χ0v) is 15.9. The number of nitrogens with one attached hydrogen (secondary N) is 1. The molecule has 0 atom stereocenters. The number of aromatic hydroxyl groups is 1. The van der Waals surface area contributed by atoms with E-state index in [1.807, 2.05) is 43.3 Å². The van der Waals surface area contributed by atoms with Crippen LogP contribution < -0.4 is 10.2 Å². The largest absolute Gasteiger partial charge is 0.500 e. The van der Waals surface area contributed by atoms with E-state index in [2.05, 4.69) is 10.5 Å². The first kappa shape index (κ1) is 19.8. The summed E-state index contributed by atoms with van der Waals surface area (Å²) in [5, 5.41) is 26.7. The highest BCUT2D eigenvalue weighted by Gasteiger charge is 2.20. The SMILES string of the molecule is CCOc1cc(/C=N\NC(=O)c2c(C)ccc3ccccc23)cc([N+](=O)[O-])c1O. The Morgan fingerprint density at radius 1 is 1.28 bits per heavy atom. The Hall–Kier alpha value is -3.94. The van der Waals surface area contributed by atoms with E-state index < -0.39 is 22.3 Å². The van der Waals surface area contributed by atoms with Crippen LogP contribution in [0.25, 0.3) is 10.8 Å². The standard InChI is InChI=1S/C21H19N3O5/c1-3-29-18-11-14(10-17(20(18)25)24(27)28)12-22-23-21(26)19-13(2)8-9-15-6-4-5-7-16(15)19/h4-12,25H,3H2,1-2H3,(H,23,26)/b22-12-. The molecule has 0 heterocycles. The van der Waals surface area contributed by atoms with Crippen LogP contribution in [0, 0.1) is 17.0 Å². The fourth-order valence-electron chi connectivity index (χ4n) is 3.00. The summed E-state index contributed by atoms with van der Waals surface area (Å²) in [7, 11) is 0. The molecule has 29 heavy (non-hydrogen) atoms. The second-order valence-corrected chi connectivity index (χ2v) is 6.25. The van der Waals surface area contributed by atoms with Crippen LogP contribution in [0.15, 0.2) is 53.6 Å². The molecule has 8 nitrogen and oxygen atoms in total. The van der Waals surface area contributed by atoms with E-state index in [4.69, 9.17) is 4.74 Å². The molecule has 2 N–H and O–H groups in total. The summed E-state index contributed by atoms with van der Waals surface area (Å²) in [6.07, 6.45) is 1.26. The molecule has 3 aromatic carbocycles. The smallest absolute Gasteiger partial charge is 0.315 e. The molecule has 1 amide bonds. The Kier molecular flexibility index (Phi) is 5.73. The molecule has 0 radical (unpaired) electrons. The average molecular weight is 393 g/mol. The van der Waals surface area contributed by atoms with Crippen LogP contribution in [-0.2, 0) is 0 Å². The van der Waals surface area contributed by atoms with E-state index in [1.54, 1.807) is 6.92 Å². The zero-order valence-electron chi connectivity index (χ0n) is 15.9. The third-order valence-corrected chi connectivity index (χ3v) is 4.32. The minimum absolute atomic E-state index is 0.0284. The zero-order chi connectivity index (χ0) is 21.0. The van der Waals surface area contributed by atoms with E-state index in [-0.39, 0.29) is 12.4 Å². The Labute approximate surface area is 166 Å². The van der Waals surface area contributed by atoms with Crippen LogP contribution in [0.2, 0.25) is 0 Å². The van der Waals surface area contributed by atoms with Gasteiger partial charge in [0.25, 0.3) is 5.91 Å². The maximum absolute atomic E-state index is 12.7. The predicted octanol–water partition coefficient (Wildman–Crippen LogP) is 3.92. The third kappa shape index (κ3) is 4.16. The topological polar surface area (TPSA) is 114 Å². The molecule has 0 aliphatic carbocycles. The first-order chi connectivity index (χ1) is 13.9. The van der Waals surface area contributed by atoms with Crippen molar-refractivity contribution in [3.05, 3.63) is 75.3 Å². The molecule has 8 heteroatoms. The number of hydrazone groups is 1. The molecule has 0 unspecified atom stereocenters. The minimum Gasteiger partial charge on any atom is -0.500 e. The number of nitro benzene ring substituents is 1. The van der Waals surface area contributed by atoms with Crippen molar-refractivity contribution in [2.24, 2.45) is 5.10 Å². The minimum atomic E-state index is -0.715. The molecular formula is C21H19N3O5. The number of carbonyl (C=O) groups is 1. The van der Waals surface area contributed by atoms with Gasteiger partial charge in [-0.05, 0) is 36.2 Å².